The van der Waals surface area contributed by atoms with E-state index in [-0.39, 0.29) is 0 Å². The van der Waals surface area contributed by atoms with Crippen LogP contribution in [0.25, 0.3) is 22.2 Å². The van der Waals surface area contributed by atoms with Crippen LogP contribution in [0, 0.1) is 6.92 Å². The van der Waals surface area contributed by atoms with Gasteiger partial charge in [-0.2, -0.15) is 0 Å². The lowest BCUT2D eigenvalue weighted by molar-refractivity contribution is 0.624. The van der Waals surface area contributed by atoms with Gasteiger partial charge in [0.15, 0.2) is 0 Å². The van der Waals surface area contributed by atoms with Crippen molar-refractivity contribution >= 4 is 16.9 Å². The van der Waals surface area contributed by atoms with Crippen molar-refractivity contribution in [2.24, 2.45) is 0 Å². The first-order valence-corrected chi connectivity index (χ1v) is 11.3. The van der Waals surface area contributed by atoms with Crippen molar-refractivity contribution < 1.29 is 0 Å². The molecule has 1 fully saturated rings. The van der Waals surface area contributed by atoms with Crippen molar-refractivity contribution in [3.63, 3.8) is 0 Å². The molecule has 0 amide bonds. The van der Waals surface area contributed by atoms with Crippen molar-refractivity contribution in [2.75, 3.05) is 18.0 Å². The summed E-state index contributed by atoms with van der Waals surface area (Å²) >= 11 is 0. The predicted octanol–water partition coefficient (Wildman–Crippen LogP) is 4.92. The van der Waals surface area contributed by atoms with Crippen LogP contribution in [-0.2, 0) is 13.0 Å². The largest absolute Gasteiger partial charge is 0.352 e. The number of fused-ring (bicyclic) bond motifs is 2. The van der Waals surface area contributed by atoms with Crippen LogP contribution in [0.3, 0.4) is 0 Å². The van der Waals surface area contributed by atoms with E-state index in [1.54, 1.807) is 0 Å². The summed E-state index contributed by atoms with van der Waals surface area (Å²) in [4.78, 5) is 15.0. The second-order valence-electron chi connectivity index (χ2n) is 8.80. The van der Waals surface area contributed by atoms with E-state index >= 15 is 0 Å². The quantitative estimate of drug-likeness (QED) is 0.504. The lowest BCUT2D eigenvalue weighted by Gasteiger charge is -2.33. The van der Waals surface area contributed by atoms with Crippen molar-refractivity contribution in [1.29, 1.82) is 0 Å². The molecule has 0 radical (unpaired) electrons. The number of nitrogens with one attached hydrogen (secondary N) is 2. The second-order valence-corrected chi connectivity index (χ2v) is 8.80. The predicted molar refractivity (Wildman–Crippen MR) is 125 cm³/mol. The molecule has 1 atom stereocenters. The highest BCUT2D eigenvalue weighted by Crippen LogP contribution is 2.37. The van der Waals surface area contributed by atoms with E-state index in [0.717, 1.165) is 37.5 Å². The van der Waals surface area contributed by atoms with Crippen molar-refractivity contribution in [3.05, 3.63) is 77.2 Å². The smallest absolute Gasteiger partial charge is 0.137 e. The maximum Gasteiger partial charge on any atom is 0.137 e. The van der Waals surface area contributed by atoms with Crippen LogP contribution in [-0.4, -0.2) is 28.0 Å². The minimum atomic E-state index is 0.433. The topological polar surface area (TPSA) is 56.8 Å². The van der Waals surface area contributed by atoms with Gasteiger partial charge in [-0.25, -0.2) is 9.97 Å². The van der Waals surface area contributed by atoms with E-state index in [9.17, 15) is 0 Å². The van der Waals surface area contributed by atoms with Gasteiger partial charge in [0.25, 0.3) is 0 Å². The third-order valence-corrected chi connectivity index (χ3v) is 6.86. The summed E-state index contributed by atoms with van der Waals surface area (Å²) in [6.45, 7) is 5.16. The molecule has 6 rings (SSSR count). The summed E-state index contributed by atoms with van der Waals surface area (Å²) in [6.07, 6.45) is 9.42. The van der Waals surface area contributed by atoms with Crippen LogP contribution in [0.5, 0.6) is 0 Å². The number of aryl methyl sites for hydroxylation is 1. The van der Waals surface area contributed by atoms with Crippen LogP contribution in [0.2, 0.25) is 0 Å². The molecule has 5 heteroatoms. The van der Waals surface area contributed by atoms with Gasteiger partial charge in [-0.3, -0.25) is 0 Å². The van der Waals surface area contributed by atoms with E-state index in [1.807, 2.05) is 24.7 Å². The Bertz CT molecular complexity index is 1240. The first-order chi connectivity index (χ1) is 15.3. The highest BCUT2D eigenvalue weighted by atomic mass is 15.2. The van der Waals surface area contributed by atoms with Crippen molar-refractivity contribution in [2.45, 2.75) is 38.8 Å². The molecule has 156 valence electrons. The van der Waals surface area contributed by atoms with Crippen LogP contribution in [0.1, 0.15) is 41.1 Å². The van der Waals surface area contributed by atoms with E-state index in [2.05, 4.69) is 62.4 Å². The Balaban J connectivity index is 1.45. The number of pyridine rings is 2. The Kier molecular flexibility index (Phi) is 4.50. The highest BCUT2D eigenvalue weighted by Gasteiger charge is 2.26. The zero-order chi connectivity index (χ0) is 20.8. The standard InChI is InChI=1S/C26H27N5/c1-17-14-29-26-21(17)13-20(15-30-26)19-11-18-7-10-31(25-6-2-3-8-28-25)16-23(18)22(12-19)24-5-4-9-27-24/h2-3,6,8,11-15,24,27H,4-5,7,9-10,16H2,1H3,(H,29,30)/t24-/m0/s1. The first kappa shape index (κ1) is 18.6. The first-order valence-electron chi connectivity index (χ1n) is 11.3. The van der Waals surface area contributed by atoms with Gasteiger partial charge in [0.1, 0.15) is 11.5 Å². The van der Waals surface area contributed by atoms with Crippen molar-refractivity contribution in [1.82, 2.24) is 20.3 Å². The molecule has 31 heavy (non-hydrogen) atoms. The molecular formula is C26H27N5. The average Bonchev–Trinajstić information content (AvgIpc) is 3.49. The van der Waals surface area contributed by atoms with Gasteiger partial charge in [-0.05, 0) is 84.8 Å². The molecule has 2 N–H and O–H groups in total. The number of H-pyrrole nitrogens is 1. The highest BCUT2D eigenvalue weighted by molar-refractivity contribution is 5.84. The second kappa shape index (κ2) is 7.50. The number of aromatic amines is 1. The van der Waals surface area contributed by atoms with Gasteiger partial charge in [0, 0.05) is 48.7 Å². The molecule has 0 aliphatic carbocycles. The number of aromatic nitrogens is 3. The van der Waals surface area contributed by atoms with E-state index in [1.165, 1.54) is 51.6 Å². The van der Waals surface area contributed by atoms with Crippen LogP contribution in [0.15, 0.2) is 55.0 Å². The zero-order valence-electron chi connectivity index (χ0n) is 17.9. The summed E-state index contributed by atoms with van der Waals surface area (Å²) in [6, 6.07) is 13.7. The summed E-state index contributed by atoms with van der Waals surface area (Å²) in [5.74, 6) is 1.07. The van der Waals surface area contributed by atoms with Crippen molar-refractivity contribution in [3.8, 4) is 11.1 Å². The maximum absolute atomic E-state index is 4.68. The maximum atomic E-state index is 4.68. The van der Waals surface area contributed by atoms with Gasteiger partial charge < -0.3 is 15.2 Å². The van der Waals surface area contributed by atoms with Gasteiger partial charge in [0.2, 0.25) is 0 Å². The number of benzene rings is 1. The Morgan fingerprint density at radius 3 is 2.90 bits per heavy atom. The molecule has 2 aliphatic rings. The number of nitrogens with zero attached hydrogens (tertiary/aromatic N) is 3. The average molecular weight is 410 g/mol. The van der Waals surface area contributed by atoms with Crippen LogP contribution >= 0.6 is 0 Å². The molecule has 3 aromatic heterocycles. The van der Waals surface area contributed by atoms with E-state index < -0.39 is 0 Å². The Morgan fingerprint density at radius 1 is 1.10 bits per heavy atom. The number of hydrogen-bond acceptors (Lipinski definition) is 4. The Labute approximate surface area is 182 Å². The minimum Gasteiger partial charge on any atom is -0.352 e. The molecule has 5 nitrogen and oxygen atoms in total. The lowest BCUT2D eigenvalue weighted by atomic mass is 9.87. The van der Waals surface area contributed by atoms with E-state index in [4.69, 9.17) is 0 Å². The zero-order valence-corrected chi connectivity index (χ0v) is 17.9. The Morgan fingerprint density at radius 2 is 2.06 bits per heavy atom. The Hall–Kier alpha value is -3.18. The molecular weight excluding hydrogens is 382 g/mol. The van der Waals surface area contributed by atoms with Gasteiger partial charge >= 0.3 is 0 Å². The van der Waals surface area contributed by atoms with Gasteiger partial charge in [-0.15, -0.1) is 0 Å². The van der Waals surface area contributed by atoms with Gasteiger partial charge in [0.05, 0.1) is 0 Å². The third-order valence-electron chi connectivity index (χ3n) is 6.86. The lowest BCUT2D eigenvalue weighted by Crippen LogP contribution is -2.32. The van der Waals surface area contributed by atoms with E-state index in [0.29, 0.717) is 6.04 Å². The summed E-state index contributed by atoms with van der Waals surface area (Å²) in [7, 11) is 0. The number of hydrogen-bond donors (Lipinski definition) is 2. The molecule has 1 saturated heterocycles. The molecule has 0 spiro atoms. The number of rotatable bonds is 3. The van der Waals surface area contributed by atoms with Crippen LogP contribution in [0.4, 0.5) is 5.82 Å². The molecule has 1 aromatic carbocycles. The number of anilines is 1. The molecule has 5 heterocycles. The monoisotopic (exact) mass is 409 g/mol. The summed E-state index contributed by atoms with van der Waals surface area (Å²) in [5, 5.41) is 4.94. The van der Waals surface area contributed by atoms with Gasteiger partial charge in [-0.1, -0.05) is 12.1 Å². The fourth-order valence-corrected chi connectivity index (χ4v) is 5.15. The SMILES string of the molecule is Cc1c[nH]c2ncc(-c3cc4c(c([C@@H]5CCCN5)c3)CN(c3ccccn3)CC4)cc12. The fourth-order valence-electron chi connectivity index (χ4n) is 5.15. The fraction of sp³-hybridized carbons (Fsp3) is 0.308. The normalized spacial score (nSPS) is 18.5. The molecule has 0 bridgehead atoms. The van der Waals surface area contributed by atoms with Crippen LogP contribution < -0.4 is 10.2 Å². The summed E-state index contributed by atoms with van der Waals surface area (Å²) < 4.78 is 0. The third kappa shape index (κ3) is 3.29. The molecule has 2 aliphatic heterocycles. The minimum absolute atomic E-state index is 0.433. The summed E-state index contributed by atoms with van der Waals surface area (Å²) in [5.41, 5.74) is 9.09. The molecule has 0 unspecified atom stereocenters. The molecule has 0 saturated carbocycles. The molecule has 4 aromatic rings.